The minimum Gasteiger partial charge on any atom is -0.335 e. The number of aryl methyl sites for hydroxylation is 3. The molecule has 8 heteroatoms. The quantitative estimate of drug-likeness (QED) is 0.698. The van der Waals surface area contributed by atoms with Crippen molar-refractivity contribution >= 4 is 39.1 Å². The summed E-state index contributed by atoms with van der Waals surface area (Å²) in [6, 6.07) is 7.87. The van der Waals surface area contributed by atoms with Crippen LogP contribution >= 0.6 is 11.3 Å². The van der Waals surface area contributed by atoms with E-state index in [0.29, 0.717) is 32.7 Å². The lowest BCUT2D eigenvalue weighted by atomic mass is 10.1. The summed E-state index contributed by atoms with van der Waals surface area (Å²) in [5.41, 5.74) is 4.06. The Hall–Kier alpha value is -2.71. The summed E-state index contributed by atoms with van der Waals surface area (Å²) in [6.45, 7) is 8.99. The molecular weight excluding hydrogens is 398 g/mol. The van der Waals surface area contributed by atoms with E-state index in [9.17, 15) is 9.59 Å². The number of nitrogens with one attached hydrogen (secondary N) is 1. The Kier molecular flexibility index (Phi) is 5.62. The summed E-state index contributed by atoms with van der Waals surface area (Å²) in [5.74, 6) is 0.0473. The number of carbonyl (C=O) groups excluding carboxylic acids is 2. The zero-order valence-electron chi connectivity index (χ0n) is 17.9. The van der Waals surface area contributed by atoms with Crippen molar-refractivity contribution in [3.63, 3.8) is 0 Å². The van der Waals surface area contributed by atoms with Crippen molar-refractivity contribution in [2.45, 2.75) is 20.8 Å². The molecular formula is C22H27N5O2S. The van der Waals surface area contributed by atoms with Gasteiger partial charge in [0.1, 0.15) is 4.83 Å². The van der Waals surface area contributed by atoms with Crippen LogP contribution in [0, 0.1) is 20.8 Å². The molecule has 1 aliphatic heterocycles. The molecule has 2 amide bonds. The summed E-state index contributed by atoms with van der Waals surface area (Å²) in [6.07, 6.45) is 0. The number of amides is 2. The van der Waals surface area contributed by atoms with Gasteiger partial charge in [-0.2, -0.15) is 5.10 Å². The molecule has 0 saturated carbocycles. The average molecular weight is 426 g/mol. The Balaban J connectivity index is 1.33. The Morgan fingerprint density at radius 2 is 1.87 bits per heavy atom. The second-order valence-electron chi connectivity index (χ2n) is 7.90. The van der Waals surface area contributed by atoms with Crippen LogP contribution in [0.4, 0.5) is 5.69 Å². The Labute approximate surface area is 180 Å². The molecule has 0 bridgehead atoms. The standard InChI is InChI=1S/C22H27N5O2S/c1-14-6-5-7-18(15(14)2)23-20(28)13-26-8-10-27(11-9-26)21(29)19-12-17-16(3)24-25(4)22(17)30-19/h5-7,12H,8-11,13H2,1-4H3,(H,23,28). The minimum atomic E-state index is -0.0176. The van der Waals surface area contributed by atoms with Gasteiger partial charge in [0.15, 0.2) is 0 Å². The number of hydrogen-bond acceptors (Lipinski definition) is 5. The largest absolute Gasteiger partial charge is 0.335 e. The van der Waals surface area contributed by atoms with Gasteiger partial charge in [0.2, 0.25) is 5.91 Å². The van der Waals surface area contributed by atoms with Crippen LogP contribution in [0.15, 0.2) is 24.3 Å². The van der Waals surface area contributed by atoms with E-state index in [2.05, 4.69) is 15.3 Å². The van der Waals surface area contributed by atoms with Crippen molar-refractivity contribution < 1.29 is 9.59 Å². The molecule has 158 valence electrons. The molecule has 1 fully saturated rings. The molecule has 0 unspecified atom stereocenters. The van der Waals surface area contributed by atoms with Crippen LogP contribution in [0.3, 0.4) is 0 Å². The maximum Gasteiger partial charge on any atom is 0.264 e. The van der Waals surface area contributed by atoms with Crippen LogP contribution in [0.5, 0.6) is 0 Å². The predicted molar refractivity (Wildman–Crippen MR) is 120 cm³/mol. The summed E-state index contributed by atoms with van der Waals surface area (Å²) < 4.78 is 1.83. The molecule has 0 atom stereocenters. The van der Waals surface area contributed by atoms with Gasteiger partial charge in [0, 0.05) is 44.3 Å². The number of anilines is 1. The lowest BCUT2D eigenvalue weighted by Gasteiger charge is -2.34. The molecule has 30 heavy (non-hydrogen) atoms. The van der Waals surface area contributed by atoms with Crippen molar-refractivity contribution in [2.24, 2.45) is 7.05 Å². The van der Waals surface area contributed by atoms with E-state index in [0.717, 1.165) is 37.6 Å². The normalized spacial score (nSPS) is 15.0. The highest BCUT2D eigenvalue weighted by atomic mass is 32.1. The first-order valence-electron chi connectivity index (χ1n) is 10.1. The van der Waals surface area contributed by atoms with Gasteiger partial charge in [0.05, 0.1) is 17.1 Å². The smallest absolute Gasteiger partial charge is 0.264 e. The summed E-state index contributed by atoms with van der Waals surface area (Å²) in [5, 5.41) is 8.46. The van der Waals surface area contributed by atoms with Crippen molar-refractivity contribution in [1.82, 2.24) is 19.6 Å². The molecule has 0 spiro atoms. The first-order valence-corrected chi connectivity index (χ1v) is 11.0. The van der Waals surface area contributed by atoms with Crippen LogP contribution in [-0.2, 0) is 11.8 Å². The monoisotopic (exact) mass is 425 g/mol. The number of benzene rings is 1. The average Bonchev–Trinajstić information content (AvgIpc) is 3.27. The van der Waals surface area contributed by atoms with Crippen LogP contribution < -0.4 is 5.32 Å². The van der Waals surface area contributed by atoms with E-state index in [1.54, 1.807) is 0 Å². The van der Waals surface area contributed by atoms with E-state index in [1.807, 2.05) is 61.7 Å². The lowest BCUT2D eigenvalue weighted by molar-refractivity contribution is -0.117. The number of nitrogens with zero attached hydrogens (tertiary/aromatic N) is 4. The molecule has 0 aliphatic carbocycles. The molecule has 4 rings (SSSR count). The molecule has 3 heterocycles. The number of aromatic nitrogens is 2. The molecule has 1 aliphatic rings. The van der Waals surface area contributed by atoms with Gasteiger partial charge >= 0.3 is 0 Å². The summed E-state index contributed by atoms with van der Waals surface area (Å²) >= 11 is 1.49. The molecule has 7 nitrogen and oxygen atoms in total. The predicted octanol–water partition coefficient (Wildman–Crippen LogP) is 2.96. The first kappa shape index (κ1) is 20.6. The fourth-order valence-electron chi connectivity index (χ4n) is 3.85. The van der Waals surface area contributed by atoms with E-state index >= 15 is 0 Å². The van der Waals surface area contributed by atoms with Crippen molar-refractivity contribution in [3.8, 4) is 0 Å². The first-order chi connectivity index (χ1) is 14.3. The number of fused-ring (bicyclic) bond motifs is 1. The Morgan fingerprint density at radius 1 is 1.13 bits per heavy atom. The van der Waals surface area contributed by atoms with Gasteiger partial charge in [0.25, 0.3) is 5.91 Å². The summed E-state index contributed by atoms with van der Waals surface area (Å²) in [4.78, 5) is 31.2. The van der Waals surface area contributed by atoms with Crippen molar-refractivity contribution in [3.05, 3.63) is 46.0 Å². The zero-order chi connectivity index (χ0) is 21.4. The topological polar surface area (TPSA) is 70.5 Å². The van der Waals surface area contributed by atoms with Crippen LogP contribution in [-0.4, -0.2) is 64.1 Å². The highest BCUT2D eigenvalue weighted by molar-refractivity contribution is 7.20. The van der Waals surface area contributed by atoms with Gasteiger partial charge in [-0.3, -0.25) is 19.2 Å². The number of thiophene rings is 1. The molecule has 1 saturated heterocycles. The maximum absolute atomic E-state index is 12.9. The van der Waals surface area contributed by atoms with Gasteiger partial charge in [-0.15, -0.1) is 11.3 Å². The number of hydrogen-bond donors (Lipinski definition) is 1. The zero-order valence-corrected chi connectivity index (χ0v) is 18.7. The number of piperazine rings is 1. The van der Waals surface area contributed by atoms with Crippen molar-refractivity contribution in [1.29, 1.82) is 0 Å². The van der Waals surface area contributed by atoms with E-state index in [4.69, 9.17) is 0 Å². The highest BCUT2D eigenvalue weighted by Crippen LogP contribution is 2.28. The SMILES string of the molecule is Cc1cccc(NC(=O)CN2CCN(C(=O)c3cc4c(C)nn(C)c4s3)CC2)c1C. The Bertz CT molecular complexity index is 1070. The lowest BCUT2D eigenvalue weighted by Crippen LogP contribution is -2.50. The third kappa shape index (κ3) is 3.97. The van der Waals surface area contributed by atoms with E-state index < -0.39 is 0 Å². The number of rotatable bonds is 4. The summed E-state index contributed by atoms with van der Waals surface area (Å²) in [7, 11) is 1.90. The van der Waals surface area contributed by atoms with Gasteiger partial charge in [-0.1, -0.05) is 12.1 Å². The van der Waals surface area contributed by atoms with Gasteiger partial charge < -0.3 is 10.2 Å². The van der Waals surface area contributed by atoms with Crippen LogP contribution in [0.1, 0.15) is 26.5 Å². The highest BCUT2D eigenvalue weighted by Gasteiger charge is 2.25. The fraction of sp³-hybridized carbons (Fsp3) is 0.409. The maximum atomic E-state index is 12.9. The Morgan fingerprint density at radius 3 is 2.57 bits per heavy atom. The van der Waals surface area contributed by atoms with Crippen molar-refractivity contribution in [2.75, 3.05) is 38.0 Å². The molecule has 1 N–H and O–H groups in total. The fourth-order valence-corrected chi connectivity index (χ4v) is 4.95. The molecule has 2 aromatic heterocycles. The number of carbonyl (C=O) groups is 2. The third-order valence-electron chi connectivity index (χ3n) is 5.81. The second kappa shape index (κ2) is 8.20. The van der Waals surface area contributed by atoms with Gasteiger partial charge in [-0.25, -0.2) is 0 Å². The second-order valence-corrected chi connectivity index (χ2v) is 8.93. The minimum absolute atomic E-state index is 0.0176. The van der Waals surface area contributed by atoms with Gasteiger partial charge in [-0.05, 0) is 44.0 Å². The third-order valence-corrected chi connectivity index (χ3v) is 7.00. The van der Waals surface area contributed by atoms with Crippen LogP contribution in [0.2, 0.25) is 0 Å². The molecule has 3 aromatic rings. The van der Waals surface area contributed by atoms with E-state index in [-0.39, 0.29) is 11.8 Å². The van der Waals surface area contributed by atoms with E-state index in [1.165, 1.54) is 11.3 Å². The molecule has 0 radical (unpaired) electrons. The van der Waals surface area contributed by atoms with Crippen LogP contribution in [0.25, 0.3) is 10.2 Å². The molecule has 1 aromatic carbocycles.